The van der Waals surface area contributed by atoms with Crippen molar-refractivity contribution in [1.29, 1.82) is 0 Å². The third kappa shape index (κ3) is 2.96. The van der Waals surface area contributed by atoms with E-state index in [1.807, 2.05) is 0 Å². The first-order valence-corrected chi connectivity index (χ1v) is 7.68. The van der Waals surface area contributed by atoms with Gasteiger partial charge in [0, 0.05) is 7.05 Å². The number of benzene rings is 1. The number of nitrogens with one attached hydrogen (secondary N) is 1. The Morgan fingerprint density at radius 2 is 2.10 bits per heavy atom. The van der Waals surface area contributed by atoms with E-state index in [0.29, 0.717) is 5.69 Å². The lowest BCUT2D eigenvalue weighted by Gasteiger charge is -2.10. The summed E-state index contributed by atoms with van der Waals surface area (Å²) in [6.45, 7) is 1.62. The largest absolute Gasteiger partial charge is 0.480 e. The maximum atomic E-state index is 13.3. The molecule has 1 heterocycles. The molecule has 0 unspecified atom stereocenters. The molecule has 1 aromatic heterocycles. The lowest BCUT2D eigenvalue weighted by Crippen LogP contribution is -2.14. The molecule has 2 rings (SSSR count). The zero-order valence-corrected chi connectivity index (χ0v) is 13.1. The zero-order valence-electron chi connectivity index (χ0n) is 11.5. The predicted octanol–water partition coefficient (Wildman–Crippen LogP) is 2.33. The van der Waals surface area contributed by atoms with E-state index in [9.17, 15) is 12.8 Å². The van der Waals surface area contributed by atoms with E-state index in [0.717, 1.165) is 12.1 Å². The van der Waals surface area contributed by atoms with Crippen LogP contribution in [0.4, 0.5) is 10.1 Å². The summed E-state index contributed by atoms with van der Waals surface area (Å²) >= 11 is 5.83. The van der Waals surface area contributed by atoms with Crippen LogP contribution in [0.2, 0.25) is 5.02 Å². The second-order valence-corrected chi connectivity index (χ2v) is 6.33. The van der Waals surface area contributed by atoms with E-state index in [1.165, 1.54) is 17.9 Å². The molecule has 0 radical (unpaired) electrons. The second kappa shape index (κ2) is 5.53. The molecular weight excluding hydrogens is 321 g/mol. The van der Waals surface area contributed by atoms with Crippen LogP contribution in [0, 0.1) is 12.7 Å². The molecule has 114 valence electrons. The number of halogens is 2. The maximum absolute atomic E-state index is 13.3. The van der Waals surface area contributed by atoms with Gasteiger partial charge >= 0.3 is 0 Å². The highest BCUT2D eigenvalue weighted by Gasteiger charge is 2.24. The quantitative estimate of drug-likeness (QED) is 0.932. The van der Waals surface area contributed by atoms with Crippen molar-refractivity contribution in [2.45, 2.75) is 11.8 Å². The number of nitrogens with zero attached hydrogens (tertiary/aromatic N) is 2. The molecule has 6 nitrogen and oxygen atoms in total. The number of hydrogen-bond donors (Lipinski definition) is 1. The third-order valence-corrected chi connectivity index (χ3v) is 4.61. The van der Waals surface area contributed by atoms with Gasteiger partial charge in [0.15, 0.2) is 0 Å². The number of rotatable bonds is 4. The molecule has 0 amide bonds. The molecule has 0 aliphatic rings. The summed E-state index contributed by atoms with van der Waals surface area (Å²) < 4.78 is 46.8. The van der Waals surface area contributed by atoms with Gasteiger partial charge in [-0.1, -0.05) is 11.6 Å². The van der Waals surface area contributed by atoms with Crippen LogP contribution in [0.5, 0.6) is 5.88 Å². The lowest BCUT2D eigenvalue weighted by molar-refractivity contribution is 0.375. The summed E-state index contributed by atoms with van der Waals surface area (Å²) in [6, 6.07) is 3.11. The molecule has 0 atom stereocenters. The number of aryl methyl sites for hydroxylation is 2. The van der Waals surface area contributed by atoms with Crippen molar-refractivity contribution in [1.82, 2.24) is 9.78 Å². The standard InChI is InChI=1S/C12H13ClFN3O3S/c1-7-11(12(20-3)17(2)15-7)16-21(18,19)10-6-8(14)4-5-9(10)13/h4-6,16H,1-3H3. The lowest BCUT2D eigenvalue weighted by atomic mass is 10.3. The van der Waals surface area contributed by atoms with Crippen LogP contribution in [0.1, 0.15) is 5.69 Å². The third-order valence-electron chi connectivity index (χ3n) is 2.78. The van der Waals surface area contributed by atoms with E-state index in [-0.39, 0.29) is 21.5 Å². The van der Waals surface area contributed by atoms with Gasteiger partial charge in [-0.25, -0.2) is 17.5 Å². The number of sulfonamides is 1. The summed E-state index contributed by atoms with van der Waals surface area (Å²) in [4.78, 5) is -0.352. The van der Waals surface area contributed by atoms with Gasteiger partial charge in [0.05, 0.1) is 17.8 Å². The normalized spacial score (nSPS) is 11.5. The van der Waals surface area contributed by atoms with Crippen LogP contribution in [0.3, 0.4) is 0 Å². The maximum Gasteiger partial charge on any atom is 0.263 e. The van der Waals surface area contributed by atoms with E-state index >= 15 is 0 Å². The van der Waals surface area contributed by atoms with Crippen molar-refractivity contribution in [3.63, 3.8) is 0 Å². The summed E-state index contributed by atoms with van der Waals surface area (Å²) in [7, 11) is -1.06. The van der Waals surface area contributed by atoms with Crippen LogP contribution in [0.25, 0.3) is 0 Å². The minimum atomic E-state index is -4.06. The van der Waals surface area contributed by atoms with Gasteiger partial charge in [-0.05, 0) is 25.1 Å². The first kappa shape index (κ1) is 15.6. The van der Waals surface area contributed by atoms with E-state index in [2.05, 4.69) is 9.82 Å². The Hall–Kier alpha value is -1.80. The molecule has 0 saturated heterocycles. The predicted molar refractivity (Wildman–Crippen MR) is 76.7 cm³/mol. The number of ether oxygens (including phenoxy) is 1. The van der Waals surface area contributed by atoms with Gasteiger partial charge < -0.3 is 4.74 Å². The molecule has 21 heavy (non-hydrogen) atoms. The molecule has 0 saturated carbocycles. The van der Waals surface area contributed by atoms with Gasteiger partial charge in [-0.3, -0.25) is 4.72 Å². The second-order valence-electron chi connectivity index (χ2n) is 4.27. The zero-order chi connectivity index (χ0) is 15.8. The van der Waals surface area contributed by atoms with Crippen LogP contribution in [0.15, 0.2) is 23.1 Å². The van der Waals surface area contributed by atoms with Crippen molar-refractivity contribution >= 4 is 27.3 Å². The minimum Gasteiger partial charge on any atom is -0.480 e. The Morgan fingerprint density at radius 3 is 2.71 bits per heavy atom. The fourth-order valence-corrected chi connectivity index (χ4v) is 3.49. The van der Waals surface area contributed by atoms with Gasteiger partial charge in [-0.2, -0.15) is 5.10 Å². The summed E-state index contributed by atoms with van der Waals surface area (Å²) in [5.74, 6) is -0.460. The summed E-state index contributed by atoms with van der Waals surface area (Å²) in [5, 5.41) is 3.98. The van der Waals surface area contributed by atoms with Crippen molar-refractivity contribution in [2.75, 3.05) is 11.8 Å². The highest BCUT2D eigenvalue weighted by molar-refractivity contribution is 7.92. The van der Waals surface area contributed by atoms with Gasteiger partial charge in [0.1, 0.15) is 16.4 Å². The Morgan fingerprint density at radius 1 is 1.43 bits per heavy atom. The number of methoxy groups -OCH3 is 1. The van der Waals surface area contributed by atoms with Crippen LogP contribution in [-0.4, -0.2) is 25.3 Å². The monoisotopic (exact) mass is 333 g/mol. The van der Waals surface area contributed by atoms with Crippen molar-refractivity contribution in [2.24, 2.45) is 7.05 Å². The molecule has 1 aromatic carbocycles. The molecule has 0 aliphatic heterocycles. The first-order chi connectivity index (χ1) is 9.76. The van der Waals surface area contributed by atoms with Crippen molar-refractivity contribution in [3.8, 4) is 5.88 Å². The van der Waals surface area contributed by atoms with Crippen molar-refractivity contribution < 1.29 is 17.5 Å². The smallest absolute Gasteiger partial charge is 0.263 e. The molecule has 1 N–H and O–H groups in total. The highest BCUT2D eigenvalue weighted by Crippen LogP contribution is 2.31. The molecule has 0 fully saturated rings. The molecule has 0 aliphatic carbocycles. The van der Waals surface area contributed by atoms with Crippen LogP contribution in [-0.2, 0) is 17.1 Å². The molecule has 9 heteroatoms. The fraction of sp³-hybridized carbons (Fsp3) is 0.250. The summed E-state index contributed by atoms with van der Waals surface area (Å²) in [6.07, 6.45) is 0. The first-order valence-electron chi connectivity index (χ1n) is 5.81. The summed E-state index contributed by atoms with van der Waals surface area (Å²) in [5.41, 5.74) is 0.603. The van der Waals surface area contributed by atoms with E-state index in [4.69, 9.17) is 16.3 Å². The van der Waals surface area contributed by atoms with Crippen LogP contribution >= 0.6 is 11.6 Å². The van der Waals surface area contributed by atoms with Gasteiger partial charge in [0.25, 0.3) is 10.0 Å². The topological polar surface area (TPSA) is 73.2 Å². The van der Waals surface area contributed by atoms with E-state index < -0.39 is 15.8 Å². The number of anilines is 1. The molecule has 2 aromatic rings. The van der Waals surface area contributed by atoms with Crippen LogP contribution < -0.4 is 9.46 Å². The van der Waals surface area contributed by atoms with E-state index in [1.54, 1.807) is 14.0 Å². The van der Waals surface area contributed by atoms with Gasteiger partial charge in [0.2, 0.25) is 5.88 Å². The minimum absolute atomic E-state index is 0.0792. The Labute approximate surface area is 126 Å². The molecular formula is C12H13ClFN3O3S. The molecule has 0 bridgehead atoms. The number of aromatic nitrogens is 2. The Bertz CT molecular complexity index is 789. The highest BCUT2D eigenvalue weighted by atomic mass is 35.5. The Kier molecular flexibility index (Phi) is 4.11. The number of hydrogen-bond acceptors (Lipinski definition) is 4. The Balaban J connectivity index is 2.50. The molecule has 0 spiro atoms. The average molecular weight is 334 g/mol. The SMILES string of the molecule is COc1c(NS(=O)(=O)c2cc(F)ccc2Cl)c(C)nn1C. The fourth-order valence-electron chi connectivity index (χ4n) is 1.86. The van der Waals surface area contributed by atoms with Gasteiger partial charge in [-0.15, -0.1) is 0 Å². The van der Waals surface area contributed by atoms with Crippen molar-refractivity contribution in [3.05, 3.63) is 34.7 Å². The average Bonchev–Trinajstić information content (AvgIpc) is 2.66.